The monoisotopic (exact) mass is 341 g/mol. The Bertz CT molecular complexity index is 878. The zero-order valence-electron chi connectivity index (χ0n) is 13.4. The number of nitro benzene ring substituents is 1. The van der Waals surface area contributed by atoms with E-state index < -0.39 is 10.9 Å². The van der Waals surface area contributed by atoms with Gasteiger partial charge in [0.2, 0.25) is 0 Å². The van der Waals surface area contributed by atoms with E-state index in [1.165, 1.54) is 12.1 Å². The number of carbonyl (C=O) groups is 1. The van der Waals surface area contributed by atoms with Crippen LogP contribution in [0.5, 0.6) is 0 Å². The highest BCUT2D eigenvalue weighted by atomic mass is 16.6. The minimum Gasteiger partial charge on any atom is -0.507 e. The van der Waals surface area contributed by atoms with E-state index in [0.29, 0.717) is 17.1 Å². The number of aliphatic hydroxyl groups excluding tert-OH is 1. The fourth-order valence-corrected chi connectivity index (χ4v) is 2.63. The van der Waals surface area contributed by atoms with Crippen LogP contribution in [0.15, 0.2) is 48.2 Å². The first-order chi connectivity index (χ1) is 12.0. The molecule has 8 nitrogen and oxygen atoms in total. The predicted octanol–water partition coefficient (Wildman–Crippen LogP) is 2.97. The van der Waals surface area contributed by atoms with Crippen molar-refractivity contribution >= 4 is 28.9 Å². The van der Waals surface area contributed by atoms with Gasteiger partial charge in [-0.15, -0.1) is 0 Å². The molecule has 0 atom stereocenters. The van der Waals surface area contributed by atoms with Gasteiger partial charge in [0.1, 0.15) is 11.6 Å². The maximum atomic E-state index is 12.2. The molecule has 0 fully saturated rings. The minimum absolute atomic E-state index is 0.00412. The molecule has 0 aliphatic carbocycles. The molecule has 1 aromatic carbocycles. The fourth-order valence-electron chi connectivity index (χ4n) is 2.63. The summed E-state index contributed by atoms with van der Waals surface area (Å²) in [6, 6.07) is 9.26. The second-order valence-electron chi connectivity index (χ2n) is 5.29. The summed E-state index contributed by atoms with van der Waals surface area (Å²) in [5, 5.41) is 21.5. The number of hydrogen-bond acceptors (Lipinski definition) is 7. The van der Waals surface area contributed by atoms with Crippen LogP contribution >= 0.6 is 0 Å². The average Bonchev–Trinajstić information content (AvgIpc) is 2.62. The van der Waals surface area contributed by atoms with E-state index in [1.54, 1.807) is 42.3 Å². The predicted molar refractivity (Wildman–Crippen MR) is 90.5 cm³/mol. The Morgan fingerprint density at radius 1 is 1.40 bits per heavy atom. The van der Waals surface area contributed by atoms with Crippen LogP contribution in [-0.2, 0) is 9.53 Å². The first kappa shape index (κ1) is 16.4. The van der Waals surface area contributed by atoms with Crippen LogP contribution in [0, 0.1) is 10.1 Å². The van der Waals surface area contributed by atoms with Crippen LogP contribution in [0.2, 0.25) is 0 Å². The Balaban J connectivity index is 2.11. The molecular formula is C17H15N3O5. The average molecular weight is 341 g/mol. The molecule has 0 bridgehead atoms. The molecule has 128 valence electrons. The van der Waals surface area contributed by atoms with Crippen molar-refractivity contribution in [3.63, 3.8) is 0 Å². The maximum absolute atomic E-state index is 12.2. The molecule has 8 heteroatoms. The van der Waals surface area contributed by atoms with Crippen LogP contribution in [0.1, 0.15) is 12.5 Å². The summed E-state index contributed by atoms with van der Waals surface area (Å²) in [6.07, 6.45) is 1.55. The number of anilines is 2. The van der Waals surface area contributed by atoms with Crippen molar-refractivity contribution in [3.8, 4) is 0 Å². The second-order valence-corrected chi connectivity index (χ2v) is 5.29. The molecule has 0 saturated heterocycles. The number of rotatable bonds is 4. The Morgan fingerprint density at radius 3 is 2.92 bits per heavy atom. The largest absolute Gasteiger partial charge is 0.507 e. The van der Waals surface area contributed by atoms with Gasteiger partial charge in [-0.05, 0) is 25.1 Å². The van der Waals surface area contributed by atoms with Crippen molar-refractivity contribution in [2.45, 2.75) is 6.92 Å². The van der Waals surface area contributed by atoms with Gasteiger partial charge in [0.15, 0.2) is 0 Å². The molecule has 0 unspecified atom stereocenters. The van der Waals surface area contributed by atoms with Crippen molar-refractivity contribution < 1.29 is 19.6 Å². The first-order valence-electron chi connectivity index (χ1n) is 7.59. The quantitative estimate of drug-likeness (QED) is 0.517. The van der Waals surface area contributed by atoms with Crippen molar-refractivity contribution in [3.05, 3.63) is 63.8 Å². The lowest BCUT2D eigenvalue weighted by molar-refractivity contribution is -0.384. The van der Waals surface area contributed by atoms with E-state index in [4.69, 9.17) is 4.74 Å². The number of hydrogen-bond donors (Lipinski definition) is 1. The molecule has 3 rings (SSSR count). The molecular weight excluding hydrogens is 326 g/mol. The van der Waals surface area contributed by atoms with Gasteiger partial charge in [-0.1, -0.05) is 6.07 Å². The van der Waals surface area contributed by atoms with Gasteiger partial charge >= 0.3 is 5.97 Å². The molecule has 1 aliphatic rings. The molecule has 0 amide bonds. The number of aromatic nitrogens is 1. The molecule has 2 aromatic rings. The molecule has 2 heterocycles. The van der Waals surface area contributed by atoms with Gasteiger partial charge in [-0.25, -0.2) is 9.78 Å². The number of fused-ring (bicyclic) bond motifs is 1. The molecule has 0 saturated carbocycles. The number of pyridine rings is 1. The van der Waals surface area contributed by atoms with Gasteiger partial charge in [0, 0.05) is 24.0 Å². The first-order valence-corrected chi connectivity index (χ1v) is 7.59. The summed E-state index contributed by atoms with van der Waals surface area (Å²) in [4.78, 5) is 28.6. The SMILES string of the molecule is CCOC(=O)C1=C(O)c2cccnc2N(c2cccc([N+](=O)[O-])c2)C1. The van der Waals surface area contributed by atoms with Crippen LogP contribution in [-0.4, -0.2) is 34.1 Å². The number of esters is 1. The van der Waals surface area contributed by atoms with Crippen molar-refractivity contribution in [1.82, 2.24) is 4.98 Å². The third-order valence-electron chi connectivity index (χ3n) is 3.77. The summed E-state index contributed by atoms with van der Waals surface area (Å²) in [7, 11) is 0. The van der Waals surface area contributed by atoms with Gasteiger partial charge in [0.05, 0.1) is 29.2 Å². The Hall–Kier alpha value is -3.42. The highest BCUT2D eigenvalue weighted by Gasteiger charge is 2.31. The Labute approximate surface area is 143 Å². The number of nitrogens with zero attached hydrogens (tertiary/aromatic N) is 3. The van der Waals surface area contributed by atoms with Crippen molar-refractivity contribution in [2.24, 2.45) is 0 Å². The number of non-ortho nitro benzene ring substituents is 1. The van der Waals surface area contributed by atoms with Crippen molar-refractivity contribution in [1.29, 1.82) is 0 Å². The third-order valence-corrected chi connectivity index (χ3v) is 3.77. The number of carbonyl (C=O) groups excluding carboxylic acids is 1. The Morgan fingerprint density at radius 2 is 2.20 bits per heavy atom. The fraction of sp³-hybridized carbons (Fsp3) is 0.176. The van der Waals surface area contributed by atoms with Crippen LogP contribution in [0.4, 0.5) is 17.2 Å². The van der Waals surface area contributed by atoms with Gasteiger partial charge in [0.25, 0.3) is 5.69 Å². The van der Waals surface area contributed by atoms with E-state index in [1.807, 2.05) is 0 Å². The number of nitro groups is 1. The zero-order chi connectivity index (χ0) is 18.0. The summed E-state index contributed by atoms with van der Waals surface area (Å²) < 4.78 is 5.00. The van der Waals surface area contributed by atoms with Crippen LogP contribution in [0.25, 0.3) is 5.76 Å². The molecule has 1 N–H and O–H groups in total. The molecule has 0 radical (unpaired) electrons. The van der Waals surface area contributed by atoms with E-state index in [9.17, 15) is 20.0 Å². The van der Waals surface area contributed by atoms with Gasteiger partial charge < -0.3 is 14.7 Å². The molecule has 25 heavy (non-hydrogen) atoms. The topological polar surface area (TPSA) is 106 Å². The highest BCUT2D eigenvalue weighted by molar-refractivity contribution is 6.00. The molecule has 1 aromatic heterocycles. The van der Waals surface area contributed by atoms with E-state index in [0.717, 1.165) is 0 Å². The number of aliphatic hydroxyl groups is 1. The lowest BCUT2D eigenvalue weighted by Gasteiger charge is -2.30. The maximum Gasteiger partial charge on any atom is 0.339 e. The van der Waals surface area contributed by atoms with Crippen LogP contribution in [0.3, 0.4) is 0 Å². The van der Waals surface area contributed by atoms with Gasteiger partial charge in [-0.3, -0.25) is 10.1 Å². The van der Waals surface area contributed by atoms with Crippen LogP contribution < -0.4 is 4.90 Å². The van der Waals surface area contributed by atoms with E-state index in [-0.39, 0.29) is 30.2 Å². The normalized spacial score (nSPS) is 13.4. The molecule has 1 aliphatic heterocycles. The highest BCUT2D eigenvalue weighted by Crippen LogP contribution is 2.37. The number of benzene rings is 1. The lowest BCUT2D eigenvalue weighted by Crippen LogP contribution is -2.30. The zero-order valence-corrected chi connectivity index (χ0v) is 13.4. The summed E-state index contributed by atoms with van der Waals surface area (Å²) in [5.41, 5.74) is 0.854. The summed E-state index contributed by atoms with van der Waals surface area (Å²) in [6.45, 7) is 1.84. The minimum atomic E-state index is -0.634. The summed E-state index contributed by atoms with van der Waals surface area (Å²) in [5.74, 6) is -0.415. The van der Waals surface area contributed by atoms with Gasteiger partial charge in [-0.2, -0.15) is 0 Å². The number of ether oxygens (including phenoxy) is 1. The Kier molecular flexibility index (Phi) is 4.34. The van der Waals surface area contributed by atoms with E-state index >= 15 is 0 Å². The molecule has 0 spiro atoms. The van der Waals surface area contributed by atoms with E-state index in [2.05, 4.69) is 4.98 Å². The summed E-state index contributed by atoms with van der Waals surface area (Å²) >= 11 is 0. The third kappa shape index (κ3) is 3.01. The lowest BCUT2D eigenvalue weighted by atomic mass is 10.0. The van der Waals surface area contributed by atoms with Crippen molar-refractivity contribution in [2.75, 3.05) is 18.1 Å². The smallest absolute Gasteiger partial charge is 0.339 e. The standard InChI is InChI=1S/C17H15N3O5/c1-2-25-17(22)14-10-19(11-5-3-6-12(9-11)20(23)24)16-13(15(14)21)7-4-8-18-16/h3-9,21H,2,10H2,1H3. The second kappa shape index (κ2) is 6.60.